The number of nitrogens with one attached hydrogen (secondary N) is 1. The van der Waals surface area contributed by atoms with Gasteiger partial charge in [0.25, 0.3) is 0 Å². The molecule has 0 heterocycles. The van der Waals surface area contributed by atoms with Gasteiger partial charge in [-0.05, 0) is 28.7 Å². The van der Waals surface area contributed by atoms with Crippen molar-refractivity contribution in [3.63, 3.8) is 0 Å². The third-order valence-electron chi connectivity index (χ3n) is 3.85. The highest BCUT2D eigenvalue weighted by atomic mass is 16.3. The lowest BCUT2D eigenvalue weighted by Crippen LogP contribution is -2.29. The molecule has 1 aliphatic rings. The van der Waals surface area contributed by atoms with E-state index in [9.17, 15) is 5.11 Å². The van der Waals surface area contributed by atoms with Crippen molar-refractivity contribution in [1.82, 2.24) is 0 Å². The third kappa shape index (κ3) is 1.89. The van der Waals surface area contributed by atoms with E-state index in [0.717, 1.165) is 34.3 Å². The lowest BCUT2D eigenvalue weighted by molar-refractivity contribution is 0.272. The van der Waals surface area contributed by atoms with Crippen molar-refractivity contribution in [2.24, 2.45) is 0 Å². The van der Waals surface area contributed by atoms with Gasteiger partial charge >= 0.3 is 0 Å². The Balaban J connectivity index is 2.32. The lowest BCUT2D eigenvalue weighted by Gasteiger charge is -2.28. The molecule has 0 amide bonds. The van der Waals surface area contributed by atoms with E-state index in [2.05, 4.69) is 12.1 Å². The summed E-state index contributed by atoms with van der Waals surface area (Å²) in [5.41, 5.74) is 5.29. The maximum absolute atomic E-state index is 10.4. The van der Waals surface area contributed by atoms with Crippen molar-refractivity contribution in [2.45, 2.75) is 19.4 Å². The molecule has 2 N–H and O–H groups in total. The second-order valence-corrected chi connectivity index (χ2v) is 4.98. The lowest BCUT2D eigenvalue weighted by atomic mass is 9.79. The van der Waals surface area contributed by atoms with Gasteiger partial charge in [-0.25, -0.2) is 0 Å². The van der Waals surface area contributed by atoms with E-state index in [1.165, 1.54) is 0 Å². The Morgan fingerprint density at radius 1 is 0.950 bits per heavy atom. The molecular weight excluding hydrogens is 246 g/mol. The van der Waals surface area contributed by atoms with Crippen molar-refractivity contribution in [1.29, 1.82) is 5.41 Å². The van der Waals surface area contributed by atoms with Crippen molar-refractivity contribution < 1.29 is 5.11 Å². The van der Waals surface area contributed by atoms with Gasteiger partial charge in [0.15, 0.2) is 0 Å². The van der Waals surface area contributed by atoms with Crippen LogP contribution in [0.4, 0.5) is 0 Å². The number of fused-ring (bicyclic) bond motifs is 1. The molecule has 0 aromatic heterocycles. The molecule has 20 heavy (non-hydrogen) atoms. The SMILES string of the molecule is CCC1=C(c2ccccc2)c2ccccc2C(=N)C1O. The van der Waals surface area contributed by atoms with Gasteiger partial charge in [0.1, 0.15) is 6.10 Å². The summed E-state index contributed by atoms with van der Waals surface area (Å²) in [6, 6.07) is 18.0. The molecule has 0 saturated carbocycles. The number of benzene rings is 2. The third-order valence-corrected chi connectivity index (χ3v) is 3.85. The van der Waals surface area contributed by atoms with Gasteiger partial charge in [-0.1, -0.05) is 61.5 Å². The molecule has 0 bridgehead atoms. The van der Waals surface area contributed by atoms with E-state index in [-0.39, 0.29) is 0 Å². The minimum Gasteiger partial charge on any atom is -0.382 e. The molecule has 0 fully saturated rings. The van der Waals surface area contributed by atoms with E-state index >= 15 is 0 Å². The van der Waals surface area contributed by atoms with E-state index in [0.29, 0.717) is 5.71 Å². The zero-order valence-electron chi connectivity index (χ0n) is 11.4. The van der Waals surface area contributed by atoms with Gasteiger partial charge in [-0.2, -0.15) is 0 Å². The Kier molecular flexibility index (Phi) is 3.25. The Hall–Kier alpha value is -2.19. The molecule has 1 atom stereocenters. The van der Waals surface area contributed by atoms with Crippen LogP contribution in [-0.2, 0) is 0 Å². The zero-order chi connectivity index (χ0) is 14.1. The van der Waals surface area contributed by atoms with Crippen molar-refractivity contribution in [2.75, 3.05) is 0 Å². The largest absolute Gasteiger partial charge is 0.382 e. The van der Waals surface area contributed by atoms with E-state index in [1.807, 2.05) is 49.4 Å². The highest BCUT2D eigenvalue weighted by Crippen LogP contribution is 2.37. The van der Waals surface area contributed by atoms with Crippen molar-refractivity contribution in [3.05, 3.63) is 76.9 Å². The maximum Gasteiger partial charge on any atom is 0.118 e. The van der Waals surface area contributed by atoms with Crippen LogP contribution in [0.5, 0.6) is 0 Å². The quantitative estimate of drug-likeness (QED) is 0.853. The van der Waals surface area contributed by atoms with Crippen molar-refractivity contribution >= 4 is 11.3 Å². The summed E-state index contributed by atoms with van der Waals surface area (Å²) in [4.78, 5) is 0. The van der Waals surface area contributed by atoms with E-state index in [1.54, 1.807) is 0 Å². The Morgan fingerprint density at radius 2 is 1.55 bits per heavy atom. The minimum absolute atomic E-state index is 0.303. The predicted molar refractivity (Wildman–Crippen MR) is 82.0 cm³/mol. The van der Waals surface area contributed by atoms with Crippen LogP contribution in [-0.4, -0.2) is 16.9 Å². The summed E-state index contributed by atoms with van der Waals surface area (Å²) in [6.07, 6.45) is -0.0626. The first kappa shape index (κ1) is 12.8. The van der Waals surface area contributed by atoms with E-state index < -0.39 is 6.10 Å². The average molecular weight is 263 g/mol. The van der Waals surface area contributed by atoms with Gasteiger partial charge in [0, 0.05) is 5.56 Å². The molecule has 1 aliphatic carbocycles. The zero-order valence-corrected chi connectivity index (χ0v) is 11.4. The molecular formula is C18H17NO. The summed E-state index contributed by atoms with van der Waals surface area (Å²) < 4.78 is 0. The topological polar surface area (TPSA) is 44.1 Å². The van der Waals surface area contributed by atoms with Gasteiger partial charge in [0.2, 0.25) is 0 Å². The summed E-state index contributed by atoms with van der Waals surface area (Å²) in [6.45, 7) is 2.03. The smallest absolute Gasteiger partial charge is 0.118 e. The van der Waals surface area contributed by atoms with Crippen LogP contribution in [0.15, 0.2) is 60.2 Å². The van der Waals surface area contributed by atoms with Gasteiger partial charge in [-0.15, -0.1) is 0 Å². The Labute approximate surface area is 118 Å². The molecule has 0 spiro atoms. The normalized spacial score (nSPS) is 18.1. The van der Waals surface area contributed by atoms with Crippen LogP contribution in [0.1, 0.15) is 30.0 Å². The van der Waals surface area contributed by atoms with Crippen LogP contribution in [0.2, 0.25) is 0 Å². The first-order valence-electron chi connectivity index (χ1n) is 6.88. The first-order valence-corrected chi connectivity index (χ1v) is 6.88. The van der Waals surface area contributed by atoms with Gasteiger partial charge in [0.05, 0.1) is 5.71 Å². The monoisotopic (exact) mass is 263 g/mol. The molecule has 0 saturated heterocycles. The second kappa shape index (κ2) is 5.06. The number of hydrogen-bond donors (Lipinski definition) is 2. The fourth-order valence-electron chi connectivity index (χ4n) is 2.88. The molecule has 2 heteroatoms. The molecule has 0 radical (unpaired) electrons. The first-order chi connectivity index (χ1) is 9.74. The number of hydrogen-bond acceptors (Lipinski definition) is 2. The molecule has 100 valence electrons. The summed E-state index contributed by atoms with van der Waals surface area (Å²) in [5, 5.41) is 18.6. The molecule has 2 aromatic carbocycles. The molecule has 2 nitrogen and oxygen atoms in total. The number of aliphatic hydroxyl groups is 1. The second-order valence-electron chi connectivity index (χ2n) is 4.98. The molecule has 2 aromatic rings. The van der Waals surface area contributed by atoms with Gasteiger partial charge in [-0.3, -0.25) is 0 Å². The Bertz CT molecular complexity index is 686. The van der Waals surface area contributed by atoms with E-state index in [4.69, 9.17) is 5.41 Å². The van der Waals surface area contributed by atoms with Crippen LogP contribution < -0.4 is 0 Å². The minimum atomic E-state index is -0.801. The average Bonchev–Trinajstić information content (AvgIpc) is 2.51. The molecule has 3 rings (SSSR count). The summed E-state index contributed by atoms with van der Waals surface area (Å²) >= 11 is 0. The van der Waals surface area contributed by atoms with Crippen LogP contribution >= 0.6 is 0 Å². The Morgan fingerprint density at radius 3 is 2.20 bits per heavy atom. The van der Waals surface area contributed by atoms with Crippen LogP contribution in [0.25, 0.3) is 5.57 Å². The van der Waals surface area contributed by atoms with Crippen LogP contribution in [0.3, 0.4) is 0 Å². The summed E-state index contributed by atoms with van der Waals surface area (Å²) in [7, 11) is 0. The van der Waals surface area contributed by atoms with Gasteiger partial charge < -0.3 is 10.5 Å². The highest BCUT2D eigenvalue weighted by molar-refractivity contribution is 6.12. The highest BCUT2D eigenvalue weighted by Gasteiger charge is 2.29. The fourth-order valence-corrected chi connectivity index (χ4v) is 2.88. The maximum atomic E-state index is 10.4. The van der Waals surface area contributed by atoms with Crippen molar-refractivity contribution in [3.8, 4) is 0 Å². The standard InChI is InChI=1S/C18H17NO/c1-2-13-16(12-8-4-3-5-9-12)14-10-6-7-11-15(14)17(19)18(13)20/h3-11,18-20H,2H2,1H3. The number of aliphatic hydroxyl groups excluding tert-OH is 1. The van der Waals surface area contributed by atoms with Crippen LogP contribution in [0, 0.1) is 5.41 Å². The predicted octanol–water partition coefficient (Wildman–Crippen LogP) is 3.64. The summed E-state index contributed by atoms with van der Waals surface area (Å²) in [5.74, 6) is 0. The fraction of sp³-hybridized carbons (Fsp3) is 0.167. The molecule has 1 unspecified atom stereocenters. The number of rotatable bonds is 2. The molecule has 0 aliphatic heterocycles.